The molecule has 0 nitrogen and oxygen atoms in total. The van der Waals surface area contributed by atoms with E-state index in [1.54, 1.807) is 77.0 Å². The van der Waals surface area contributed by atoms with Crippen molar-refractivity contribution in [3.8, 4) is 0 Å². The van der Waals surface area contributed by atoms with E-state index < -0.39 is 23.0 Å². The summed E-state index contributed by atoms with van der Waals surface area (Å²) in [7, 11) is 18.5. The van der Waals surface area contributed by atoms with Crippen molar-refractivity contribution in [1.82, 2.24) is 0 Å². The summed E-state index contributed by atoms with van der Waals surface area (Å²) in [6, 6.07) is 0. The van der Waals surface area contributed by atoms with E-state index in [1.165, 1.54) is 116 Å². The first kappa shape index (κ1) is 33.0. The minimum absolute atomic E-state index is 1.01. The summed E-state index contributed by atoms with van der Waals surface area (Å²) in [6.07, 6.45) is 45.6. The predicted octanol–water partition coefficient (Wildman–Crippen LogP) is 13.8. The van der Waals surface area contributed by atoms with Gasteiger partial charge in [-0.1, -0.05) is 0 Å². The fourth-order valence-corrected chi connectivity index (χ4v) is 104. The van der Waals surface area contributed by atoms with Crippen LogP contribution in [0.2, 0.25) is 0 Å². The summed E-state index contributed by atoms with van der Waals surface area (Å²) < 4.78 is 0. The van der Waals surface area contributed by atoms with E-state index in [2.05, 4.69) is 0 Å². The van der Waals surface area contributed by atoms with Gasteiger partial charge in [0.15, 0.2) is 0 Å². The maximum absolute atomic E-state index is 9.24. The van der Waals surface area contributed by atoms with Gasteiger partial charge in [0.1, 0.15) is 0 Å². The Bertz CT molecular complexity index is 628. The zero-order valence-corrected chi connectivity index (χ0v) is 32.0. The molecule has 6 rings (SSSR count). The summed E-state index contributed by atoms with van der Waals surface area (Å²) in [5, 5.41) is 0. The second-order valence-corrected chi connectivity index (χ2v) is 54.4. The summed E-state index contributed by atoms with van der Waals surface area (Å²) >= 11 is -3.07. The maximum atomic E-state index is 9.24. The summed E-state index contributed by atoms with van der Waals surface area (Å²) in [6.45, 7) is 0. The molecule has 0 aliphatic heterocycles. The Hall–Kier alpha value is 2.06. The van der Waals surface area contributed by atoms with Gasteiger partial charge in [0.05, 0.1) is 0 Å². The molecule has 0 radical (unpaired) electrons. The van der Waals surface area contributed by atoms with Crippen LogP contribution >= 0.6 is 30.6 Å². The molecule has 6 fully saturated rings. The molecular formula is C36H68Cl2P2Ru. The van der Waals surface area contributed by atoms with Gasteiger partial charge in [-0.05, 0) is 0 Å². The van der Waals surface area contributed by atoms with Gasteiger partial charge in [-0.3, -0.25) is 0 Å². The molecule has 0 atom stereocenters. The molecule has 6 aliphatic carbocycles. The number of hydrogen-bond donors (Lipinski definition) is 0. The fourth-order valence-electron chi connectivity index (χ4n) is 12.6. The van der Waals surface area contributed by atoms with Crippen LogP contribution in [0.3, 0.4) is 0 Å². The molecule has 6 saturated carbocycles. The number of hydrogen-bond acceptors (Lipinski definition) is 0. The topological polar surface area (TPSA) is 0 Å². The third-order valence-corrected chi connectivity index (χ3v) is 77.9. The Morgan fingerprint density at radius 1 is 0.268 bits per heavy atom. The van der Waals surface area contributed by atoms with E-state index in [1.807, 2.05) is 0 Å². The normalized spacial score (nSPS) is 30.3. The third-order valence-electron chi connectivity index (χ3n) is 14.1. The monoisotopic (exact) mass is 734 g/mol. The van der Waals surface area contributed by atoms with Crippen LogP contribution in [0.1, 0.15) is 193 Å². The van der Waals surface area contributed by atoms with Crippen molar-refractivity contribution < 1.29 is 11.8 Å². The third kappa shape index (κ3) is 6.23. The second kappa shape index (κ2) is 15.3. The van der Waals surface area contributed by atoms with Crippen molar-refractivity contribution in [2.75, 3.05) is 0 Å². The molecule has 0 saturated heterocycles. The number of rotatable bonds is 8. The van der Waals surface area contributed by atoms with E-state index in [-0.39, 0.29) is 0 Å². The molecule has 0 amide bonds. The standard InChI is InChI=1S/2C18H33P.2ClH.Ru/c2*1-4-10-16(11-5-1)19(17-12-6-2-7-13-17)18-14-8-3-9-15-18;;;/h2*16-18H,1-15H2;2*1H;. The first-order valence-corrected chi connectivity index (χ1v) is 33.1. The van der Waals surface area contributed by atoms with Crippen molar-refractivity contribution in [2.24, 2.45) is 0 Å². The molecule has 0 unspecified atom stereocenters. The van der Waals surface area contributed by atoms with Gasteiger partial charge < -0.3 is 0 Å². The van der Waals surface area contributed by atoms with Crippen molar-refractivity contribution in [1.29, 1.82) is 0 Å². The summed E-state index contributed by atoms with van der Waals surface area (Å²) in [4.78, 5) is 0. The molecule has 0 aromatic carbocycles. The van der Waals surface area contributed by atoms with Gasteiger partial charge in [-0.15, -0.1) is 0 Å². The first-order chi connectivity index (χ1) is 20.1. The minimum atomic E-state index is -3.07. The molecular weight excluding hydrogens is 666 g/mol. The summed E-state index contributed by atoms with van der Waals surface area (Å²) in [5.41, 5.74) is 2.15. The van der Waals surface area contributed by atoms with E-state index in [0.29, 0.717) is 0 Å². The van der Waals surface area contributed by atoms with Crippen molar-refractivity contribution >= 4 is 30.6 Å². The van der Waals surface area contributed by atoms with E-state index >= 15 is 0 Å². The molecule has 0 N–H and O–H groups in total. The Kier molecular flexibility index (Phi) is 12.3. The Morgan fingerprint density at radius 3 is 0.561 bits per heavy atom. The first-order valence-electron chi connectivity index (χ1n) is 19.3. The van der Waals surface area contributed by atoms with E-state index in [0.717, 1.165) is 34.0 Å². The Labute approximate surface area is 267 Å². The summed E-state index contributed by atoms with van der Waals surface area (Å²) in [5.74, 6) is 0. The zero-order valence-electron chi connectivity index (χ0n) is 26.8. The van der Waals surface area contributed by atoms with Crippen LogP contribution in [-0.2, 0) is 11.8 Å². The second-order valence-electron chi connectivity index (χ2n) is 16.0. The van der Waals surface area contributed by atoms with Gasteiger partial charge in [0.2, 0.25) is 0 Å². The molecule has 0 heterocycles. The molecule has 5 heteroatoms. The molecule has 0 spiro atoms. The van der Waals surface area contributed by atoms with Gasteiger partial charge in [0, 0.05) is 0 Å². The van der Waals surface area contributed by atoms with Crippen LogP contribution in [0.15, 0.2) is 0 Å². The van der Waals surface area contributed by atoms with Gasteiger partial charge >= 0.3 is 269 Å². The van der Waals surface area contributed by atoms with Crippen molar-refractivity contribution in [2.45, 2.75) is 227 Å². The molecule has 6 aliphatic rings. The average molecular weight is 735 g/mol. The van der Waals surface area contributed by atoms with Crippen LogP contribution in [0, 0.1) is 0 Å². The molecule has 0 bridgehead atoms. The fraction of sp³-hybridized carbons (Fsp3) is 1.00. The van der Waals surface area contributed by atoms with Crippen LogP contribution in [0.5, 0.6) is 0 Å². The van der Waals surface area contributed by atoms with E-state index in [9.17, 15) is 19.4 Å². The molecule has 244 valence electrons. The molecule has 0 aromatic rings. The van der Waals surface area contributed by atoms with Gasteiger partial charge in [0.25, 0.3) is 0 Å². The van der Waals surface area contributed by atoms with Gasteiger partial charge in [-0.2, -0.15) is 0 Å². The van der Waals surface area contributed by atoms with E-state index in [4.69, 9.17) is 0 Å². The average Bonchev–Trinajstić information content (AvgIpc) is 3.05. The zero-order chi connectivity index (χ0) is 28.2. The van der Waals surface area contributed by atoms with Crippen LogP contribution in [-0.4, -0.2) is 34.0 Å². The van der Waals surface area contributed by atoms with Gasteiger partial charge in [-0.25, -0.2) is 0 Å². The number of halogens is 2. The van der Waals surface area contributed by atoms with Crippen molar-refractivity contribution in [3.63, 3.8) is 0 Å². The van der Waals surface area contributed by atoms with Crippen LogP contribution < -0.4 is 0 Å². The van der Waals surface area contributed by atoms with Crippen LogP contribution in [0.25, 0.3) is 0 Å². The predicted molar refractivity (Wildman–Crippen MR) is 190 cm³/mol. The van der Waals surface area contributed by atoms with Crippen LogP contribution in [0.4, 0.5) is 0 Å². The molecule has 0 aromatic heterocycles. The Balaban J connectivity index is 1.58. The molecule has 41 heavy (non-hydrogen) atoms. The quantitative estimate of drug-likeness (QED) is 0.172. The van der Waals surface area contributed by atoms with Crippen molar-refractivity contribution in [3.05, 3.63) is 0 Å². The Morgan fingerprint density at radius 2 is 0.415 bits per heavy atom. The SMILES string of the molecule is [Cl][Ru]([Cl])([PH](C1CCCCC1)(C1CCCCC1)C1CCCCC1)[PH](C1CCCCC1)(C1CCCCC1)C1CCCCC1.